The Labute approximate surface area is 90.2 Å². The van der Waals surface area contributed by atoms with Crippen molar-refractivity contribution < 1.29 is 0 Å². The Morgan fingerprint density at radius 2 is 1.31 bits per heavy atom. The van der Waals surface area contributed by atoms with Crippen LogP contribution in [0.4, 0.5) is 0 Å². The van der Waals surface area contributed by atoms with Crippen LogP contribution in [-0.2, 0) is 0 Å². The van der Waals surface area contributed by atoms with E-state index in [0.29, 0.717) is 0 Å². The van der Waals surface area contributed by atoms with Crippen LogP contribution in [0, 0.1) is 0 Å². The third-order valence-corrected chi connectivity index (χ3v) is 30.7. The summed E-state index contributed by atoms with van der Waals surface area (Å²) in [6.45, 7) is 14.0. The molecule has 80 valence electrons. The third-order valence-electron chi connectivity index (χ3n) is 3.55. The van der Waals surface area contributed by atoms with Crippen LogP contribution in [0.5, 0.6) is 0 Å². The predicted molar refractivity (Wildman–Crippen MR) is 68.5 cm³/mol. The Morgan fingerprint density at radius 1 is 0.923 bits per heavy atom. The molecule has 1 atom stereocenters. The minimum absolute atomic E-state index is 0.470. The first-order valence-electron chi connectivity index (χ1n) is 5.84. The molecular formula is C11H27AsSi. The van der Waals surface area contributed by atoms with Gasteiger partial charge in [0.15, 0.2) is 0 Å². The van der Waals surface area contributed by atoms with Gasteiger partial charge in [0.2, 0.25) is 0 Å². The Hall–Kier alpha value is 0.775. The second kappa shape index (κ2) is 6.29. The van der Waals surface area contributed by atoms with Crippen LogP contribution in [0.25, 0.3) is 0 Å². The van der Waals surface area contributed by atoms with Crippen molar-refractivity contribution in [3.63, 3.8) is 0 Å². The van der Waals surface area contributed by atoms with E-state index in [2.05, 4.69) is 41.5 Å². The van der Waals surface area contributed by atoms with Gasteiger partial charge in [0.1, 0.15) is 0 Å². The van der Waals surface area contributed by atoms with Gasteiger partial charge >= 0.3 is 90.1 Å². The zero-order valence-corrected chi connectivity index (χ0v) is 13.2. The molecule has 0 radical (unpaired) electrons. The summed E-state index contributed by atoms with van der Waals surface area (Å²) in [7, 11) is 0. The van der Waals surface area contributed by atoms with Crippen LogP contribution < -0.4 is 0 Å². The normalized spacial score (nSPS) is 15.0. The summed E-state index contributed by atoms with van der Waals surface area (Å²) < 4.78 is 1.05. The zero-order chi connectivity index (χ0) is 10.5. The van der Waals surface area contributed by atoms with E-state index in [1.54, 1.807) is 23.3 Å². The molecule has 13 heavy (non-hydrogen) atoms. The van der Waals surface area contributed by atoms with E-state index in [0.717, 1.165) is 4.71 Å². The molecule has 0 aromatic heterocycles. The first-order valence-corrected chi connectivity index (χ1v) is 13.6. The molecule has 0 saturated carbocycles. The van der Waals surface area contributed by atoms with Crippen LogP contribution in [-0.4, -0.2) is 20.5 Å². The van der Waals surface area contributed by atoms with Gasteiger partial charge in [-0.25, -0.2) is 0 Å². The molecule has 0 N–H and O–H groups in total. The van der Waals surface area contributed by atoms with Crippen molar-refractivity contribution in [2.45, 2.75) is 69.6 Å². The average Bonchev–Trinajstić information content (AvgIpc) is 2.13. The molecule has 0 nitrogen and oxygen atoms in total. The standard InChI is InChI=1S/C11H27AsSi/c1-7-12(11(5)6)13(8-2,9-3)10-4/h11H,7-10H2,1-6H3. The van der Waals surface area contributed by atoms with E-state index in [9.17, 15) is 0 Å². The van der Waals surface area contributed by atoms with Gasteiger partial charge in [0, 0.05) is 0 Å². The molecule has 0 aromatic carbocycles. The van der Waals surface area contributed by atoms with Crippen LogP contribution in [0.3, 0.4) is 0 Å². The zero-order valence-electron chi connectivity index (χ0n) is 10.4. The first-order chi connectivity index (χ1) is 6.07. The molecule has 0 spiro atoms. The summed E-state index contributed by atoms with van der Waals surface area (Å²) in [6, 6.07) is 4.64. The van der Waals surface area contributed by atoms with Gasteiger partial charge in [-0.1, -0.05) is 0 Å². The van der Waals surface area contributed by atoms with E-state index in [-0.39, 0.29) is 0 Å². The molecule has 0 aliphatic rings. The molecule has 0 rings (SSSR count). The monoisotopic (exact) mass is 262 g/mol. The van der Waals surface area contributed by atoms with E-state index in [1.165, 1.54) is 0 Å². The van der Waals surface area contributed by atoms with Crippen LogP contribution in [0.2, 0.25) is 28.0 Å². The molecule has 0 saturated heterocycles. The summed E-state index contributed by atoms with van der Waals surface area (Å²) in [6.07, 6.45) is 0. The van der Waals surface area contributed by atoms with Gasteiger partial charge in [0.05, 0.1) is 0 Å². The third kappa shape index (κ3) is 3.13. The summed E-state index contributed by atoms with van der Waals surface area (Å²) >= 11 is -0.470. The van der Waals surface area contributed by atoms with Gasteiger partial charge in [-0.15, -0.1) is 0 Å². The van der Waals surface area contributed by atoms with Crippen molar-refractivity contribution in [3.05, 3.63) is 0 Å². The summed E-state index contributed by atoms with van der Waals surface area (Å²) in [4.78, 5) is 0. The SMILES string of the molecule is CC[As](C(C)C)[Si](CC)(CC)CC. The average molecular weight is 262 g/mol. The fourth-order valence-corrected chi connectivity index (χ4v) is 27.4. The molecule has 0 heterocycles. The number of hydrogen-bond acceptors (Lipinski definition) is 0. The molecular weight excluding hydrogens is 235 g/mol. The summed E-state index contributed by atoms with van der Waals surface area (Å²) in [5.41, 5.74) is 0. The molecule has 0 bridgehead atoms. The van der Waals surface area contributed by atoms with Crippen molar-refractivity contribution in [1.82, 2.24) is 0 Å². The van der Waals surface area contributed by atoms with E-state index >= 15 is 0 Å². The topological polar surface area (TPSA) is 0 Å². The maximum absolute atomic E-state index is 2.48. The van der Waals surface area contributed by atoms with Gasteiger partial charge in [0.25, 0.3) is 0 Å². The van der Waals surface area contributed by atoms with Crippen LogP contribution >= 0.6 is 0 Å². The fraction of sp³-hybridized carbons (Fsp3) is 1.00. The molecule has 0 amide bonds. The van der Waals surface area contributed by atoms with Crippen molar-refractivity contribution in [2.24, 2.45) is 0 Å². The molecule has 2 heteroatoms. The first kappa shape index (κ1) is 13.8. The Balaban J connectivity index is 4.65. The molecule has 0 aliphatic heterocycles. The van der Waals surface area contributed by atoms with Gasteiger partial charge in [-0.05, 0) is 0 Å². The van der Waals surface area contributed by atoms with Crippen molar-refractivity contribution in [1.29, 1.82) is 0 Å². The van der Waals surface area contributed by atoms with E-state index in [1.807, 2.05) is 0 Å². The van der Waals surface area contributed by atoms with Crippen molar-refractivity contribution in [3.8, 4) is 0 Å². The second-order valence-electron chi connectivity index (χ2n) is 4.16. The Morgan fingerprint density at radius 3 is 1.38 bits per heavy atom. The minimum atomic E-state index is -0.764. The molecule has 0 fully saturated rings. The van der Waals surface area contributed by atoms with Gasteiger partial charge in [-0.2, -0.15) is 0 Å². The van der Waals surface area contributed by atoms with E-state index < -0.39 is 20.5 Å². The second-order valence-corrected chi connectivity index (χ2v) is 23.2. The van der Waals surface area contributed by atoms with Gasteiger partial charge in [-0.3, -0.25) is 0 Å². The Bertz CT molecular complexity index is 122. The fourth-order valence-electron chi connectivity index (χ4n) is 2.61. The molecule has 0 aromatic rings. The number of hydrogen-bond donors (Lipinski definition) is 0. The Kier molecular flexibility index (Phi) is 6.67. The predicted octanol–water partition coefficient (Wildman–Crippen LogP) is 4.50. The maximum atomic E-state index is 2.48. The molecule has 1 unspecified atom stereocenters. The van der Waals surface area contributed by atoms with Crippen molar-refractivity contribution >= 4 is 20.5 Å². The van der Waals surface area contributed by atoms with E-state index in [4.69, 9.17) is 0 Å². The quantitative estimate of drug-likeness (QED) is 0.618. The van der Waals surface area contributed by atoms with Crippen molar-refractivity contribution in [2.75, 3.05) is 0 Å². The van der Waals surface area contributed by atoms with Gasteiger partial charge < -0.3 is 0 Å². The summed E-state index contributed by atoms with van der Waals surface area (Å²) in [5, 5.41) is 1.55. The van der Waals surface area contributed by atoms with Crippen LogP contribution in [0.15, 0.2) is 0 Å². The van der Waals surface area contributed by atoms with Crippen LogP contribution in [0.1, 0.15) is 41.5 Å². The summed E-state index contributed by atoms with van der Waals surface area (Å²) in [5.74, 6) is 0. The number of rotatable bonds is 6. The molecule has 0 aliphatic carbocycles.